The van der Waals surface area contributed by atoms with Gasteiger partial charge in [-0.2, -0.15) is 0 Å². The zero-order valence-electron chi connectivity index (χ0n) is 16.0. The van der Waals surface area contributed by atoms with Gasteiger partial charge >= 0.3 is 0 Å². The molecule has 0 bridgehead atoms. The summed E-state index contributed by atoms with van der Waals surface area (Å²) in [6.45, 7) is 9.32. The van der Waals surface area contributed by atoms with Gasteiger partial charge in [0.15, 0.2) is 0 Å². The topological polar surface area (TPSA) is 35.6 Å². The van der Waals surface area contributed by atoms with E-state index < -0.39 is 0 Å². The maximum atomic E-state index is 13.2. The van der Waals surface area contributed by atoms with E-state index in [0.29, 0.717) is 6.54 Å². The van der Waals surface area contributed by atoms with Crippen LogP contribution in [0.4, 0.5) is 4.39 Å². The summed E-state index contributed by atoms with van der Waals surface area (Å²) in [6.07, 6.45) is 0. The van der Waals surface area contributed by atoms with Crippen LogP contribution in [0.1, 0.15) is 30.3 Å². The minimum atomic E-state index is -0.256. The molecule has 1 atom stereocenters. The molecule has 0 radical (unpaired) electrons. The predicted molar refractivity (Wildman–Crippen MR) is 108 cm³/mol. The van der Waals surface area contributed by atoms with Crippen LogP contribution in [-0.4, -0.2) is 48.4 Å². The number of hydrogen-bond acceptors (Lipinski definition) is 4. The molecule has 146 valence electrons. The highest BCUT2D eigenvalue weighted by Crippen LogP contribution is 2.22. The third-order valence-corrected chi connectivity index (χ3v) is 5.87. The van der Waals surface area contributed by atoms with Crippen LogP contribution in [-0.2, 0) is 11.3 Å². The molecule has 2 aromatic rings. The van der Waals surface area contributed by atoms with Crippen molar-refractivity contribution in [2.45, 2.75) is 26.4 Å². The first-order chi connectivity index (χ1) is 13.0. The monoisotopic (exact) mass is 389 g/mol. The zero-order valence-corrected chi connectivity index (χ0v) is 16.8. The Balaban J connectivity index is 1.47. The third kappa shape index (κ3) is 5.86. The number of carbonyl (C=O) groups is 1. The molecule has 0 aliphatic carbocycles. The predicted octanol–water partition coefficient (Wildman–Crippen LogP) is 3.52. The molecule has 4 nitrogen and oxygen atoms in total. The first-order valence-corrected chi connectivity index (χ1v) is 10.4. The van der Waals surface area contributed by atoms with Crippen molar-refractivity contribution in [1.29, 1.82) is 0 Å². The standard InChI is InChI=1S/C21H28FN3OS/c1-16(2)21(17-5-7-18(22)8-6-17)23-20(26)15-25-11-9-24(10-12-25)14-19-4-3-13-27-19/h3-8,13,16,21H,9-12,14-15H2,1-2H3,(H,23,26)/t21-/m0/s1. The highest BCUT2D eigenvalue weighted by Gasteiger charge is 2.22. The van der Waals surface area contributed by atoms with E-state index in [4.69, 9.17) is 0 Å². The molecule has 0 saturated carbocycles. The Morgan fingerprint density at radius 1 is 1.11 bits per heavy atom. The average molecular weight is 390 g/mol. The average Bonchev–Trinajstić information content (AvgIpc) is 3.15. The molecule has 0 unspecified atom stereocenters. The summed E-state index contributed by atoms with van der Waals surface area (Å²) >= 11 is 1.79. The molecule has 1 amide bonds. The van der Waals surface area contributed by atoms with Crippen molar-refractivity contribution in [3.05, 3.63) is 58.0 Å². The molecule has 1 saturated heterocycles. The van der Waals surface area contributed by atoms with E-state index in [1.165, 1.54) is 17.0 Å². The number of carbonyl (C=O) groups excluding carboxylic acids is 1. The number of hydrogen-bond donors (Lipinski definition) is 1. The van der Waals surface area contributed by atoms with Gasteiger partial charge in [0, 0.05) is 37.6 Å². The second-order valence-corrected chi connectivity index (χ2v) is 8.50. The maximum absolute atomic E-state index is 13.2. The molecule has 1 aliphatic rings. The van der Waals surface area contributed by atoms with Crippen LogP contribution in [0.15, 0.2) is 41.8 Å². The number of halogens is 1. The number of nitrogens with one attached hydrogen (secondary N) is 1. The highest BCUT2D eigenvalue weighted by molar-refractivity contribution is 7.09. The van der Waals surface area contributed by atoms with Crippen molar-refractivity contribution in [3.63, 3.8) is 0 Å². The second kappa shape index (κ2) is 9.44. The lowest BCUT2D eigenvalue weighted by Crippen LogP contribution is -2.49. The van der Waals surface area contributed by atoms with Crippen molar-refractivity contribution >= 4 is 17.2 Å². The lowest BCUT2D eigenvalue weighted by atomic mass is 9.96. The first kappa shape index (κ1) is 20.0. The Morgan fingerprint density at radius 3 is 2.37 bits per heavy atom. The summed E-state index contributed by atoms with van der Waals surface area (Å²) in [5.74, 6) is 0.0137. The molecule has 1 fully saturated rings. The van der Waals surface area contributed by atoms with Gasteiger partial charge in [-0.3, -0.25) is 14.6 Å². The van der Waals surface area contributed by atoms with Crippen molar-refractivity contribution in [3.8, 4) is 0 Å². The molecule has 27 heavy (non-hydrogen) atoms. The van der Waals surface area contributed by atoms with Gasteiger partial charge in [-0.1, -0.05) is 32.0 Å². The lowest BCUT2D eigenvalue weighted by molar-refractivity contribution is -0.123. The Labute approximate surface area is 165 Å². The molecule has 1 aliphatic heterocycles. The Bertz CT molecular complexity index is 710. The van der Waals surface area contributed by atoms with E-state index in [2.05, 4.69) is 46.5 Å². The van der Waals surface area contributed by atoms with Crippen LogP contribution >= 0.6 is 11.3 Å². The van der Waals surface area contributed by atoms with E-state index in [1.807, 2.05) is 0 Å². The Morgan fingerprint density at radius 2 is 1.78 bits per heavy atom. The normalized spacial score (nSPS) is 17.2. The summed E-state index contributed by atoms with van der Waals surface area (Å²) < 4.78 is 13.2. The van der Waals surface area contributed by atoms with Gasteiger partial charge in [0.05, 0.1) is 12.6 Å². The van der Waals surface area contributed by atoms with E-state index in [0.717, 1.165) is 38.3 Å². The third-order valence-electron chi connectivity index (χ3n) is 5.00. The van der Waals surface area contributed by atoms with E-state index in [-0.39, 0.29) is 23.7 Å². The summed E-state index contributed by atoms with van der Waals surface area (Å²) in [4.78, 5) is 18.6. The summed E-state index contributed by atoms with van der Waals surface area (Å²) in [5, 5.41) is 5.25. The number of nitrogens with zero attached hydrogens (tertiary/aromatic N) is 2. The quantitative estimate of drug-likeness (QED) is 0.787. The van der Waals surface area contributed by atoms with Crippen molar-refractivity contribution in [2.75, 3.05) is 32.7 Å². The molecule has 1 aromatic heterocycles. The number of amides is 1. The van der Waals surface area contributed by atoms with Crippen LogP contribution in [0.3, 0.4) is 0 Å². The summed E-state index contributed by atoms with van der Waals surface area (Å²) in [6, 6.07) is 10.6. The minimum Gasteiger partial charge on any atom is -0.348 e. The lowest BCUT2D eigenvalue weighted by Gasteiger charge is -2.34. The number of rotatable bonds is 7. The van der Waals surface area contributed by atoms with Gasteiger partial charge in [0.1, 0.15) is 5.82 Å². The molecule has 1 aromatic carbocycles. The minimum absolute atomic E-state index is 0.0322. The maximum Gasteiger partial charge on any atom is 0.234 e. The second-order valence-electron chi connectivity index (χ2n) is 7.47. The first-order valence-electron chi connectivity index (χ1n) is 9.53. The van der Waals surface area contributed by atoms with Crippen LogP contribution in [0.25, 0.3) is 0 Å². The fourth-order valence-electron chi connectivity index (χ4n) is 3.46. The molecule has 1 N–H and O–H groups in total. The number of thiophene rings is 1. The molecule has 2 heterocycles. The Hall–Kier alpha value is -1.76. The van der Waals surface area contributed by atoms with Gasteiger partial charge in [0.2, 0.25) is 5.91 Å². The fourth-order valence-corrected chi connectivity index (χ4v) is 4.20. The fraction of sp³-hybridized carbons (Fsp3) is 0.476. The van der Waals surface area contributed by atoms with E-state index >= 15 is 0 Å². The van der Waals surface area contributed by atoms with Crippen LogP contribution in [0.5, 0.6) is 0 Å². The van der Waals surface area contributed by atoms with Gasteiger partial charge in [0.25, 0.3) is 0 Å². The van der Waals surface area contributed by atoms with Crippen LogP contribution < -0.4 is 5.32 Å². The van der Waals surface area contributed by atoms with Crippen molar-refractivity contribution < 1.29 is 9.18 Å². The Kier molecular flexibility index (Phi) is 6.99. The van der Waals surface area contributed by atoms with Gasteiger partial charge < -0.3 is 5.32 Å². The SMILES string of the molecule is CC(C)[C@H](NC(=O)CN1CCN(Cc2cccs2)CC1)c1ccc(F)cc1. The van der Waals surface area contributed by atoms with Gasteiger partial charge in [-0.05, 0) is 35.1 Å². The van der Waals surface area contributed by atoms with Gasteiger partial charge in [-0.15, -0.1) is 11.3 Å². The number of piperazine rings is 1. The molecule has 6 heteroatoms. The summed E-state index contributed by atoms with van der Waals surface area (Å²) in [7, 11) is 0. The molecular weight excluding hydrogens is 361 g/mol. The largest absolute Gasteiger partial charge is 0.348 e. The summed E-state index contributed by atoms with van der Waals surface area (Å²) in [5.41, 5.74) is 0.945. The molecule has 3 rings (SSSR count). The molecule has 0 spiro atoms. The zero-order chi connectivity index (χ0) is 19.2. The number of benzene rings is 1. The van der Waals surface area contributed by atoms with Gasteiger partial charge in [-0.25, -0.2) is 4.39 Å². The molecular formula is C21H28FN3OS. The highest BCUT2D eigenvalue weighted by atomic mass is 32.1. The van der Waals surface area contributed by atoms with E-state index in [1.54, 1.807) is 23.5 Å². The van der Waals surface area contributed by atoms with Crippen molar-refractivity contribution in [1.82, 2.24) is 15.1 Å². The van der Waals surface area contributed by atoms with E-state index in [9.17, 15) is 9.18 Å². The van der Waals surface area contributed by atoms with Crippen LogP contribution in [0, 0.1) is 11.7 Å². The van der Waals surface area contributed by atoms with Crippen LogP contribution in [0.2, 0.25) is 0 Å². The van der Waals surface area contributed by atoms with Crippen molar-refractivity contribution in [2.24, 2.45) is 5.92 Å². The smallest absolute Gasteiger partial charge is 0.234 e.